The highest BCUT2D eigenvalue weighted by Gasteiger charge is 2.59. The molecule has 1 unspecified atom stereocenters. The Morgan fingerprint density at radius 1 is 1.03 bits per heavy atom. The molecule has 5 rings (SSSR count). The van der Waals surface area contributed by atoms with Gasteiger partial charge in [0.15, 0.2) is 11.6 Å². The quantitative estimate of drug-likeness (QED) is 0.490. The van der Waals surface area contributed by atoms with E-state index in [1.807, 2.05) is 0 Å². The Labute approximate surface area is 208 Å². The van der Waals surface area contributed by atoms with Gasteiger partial charge in [0.25, 0.3) is 5.91 Å². The molecule has 1 aliphatic carbocycles. The van der Waals surface area contributed by atoms with Crippen molar-refractivity contribution >= 4 is 40.8 Å². The van der Waals surface area contributed by atoms with Crippen molar-refractivity contribution in [3.63, 3.8) is 0 Å². The van der Waals surface area contributed by atoms with Crippen LogP contribution in [0.3, 0.4) is 0 Å². The topological polar surface area (TPSA) is 86.7 Å². The highest BCUT2D eigenvalue weighted by Crippen LogP contribution is 2.59. The first-order valence-electron chi connectivity index (χ1n) is 11.0. The Hall–Kier alpha value is -3.85. The Balaban J connectivity index is 1.37. The van der Waals surface area contributed by atoms with E-state index in [-0.39, 0.29) is 23.0 Å². The van der Waals surface area contributed by atoms with Crippen molar-refractivity contribution in [2.75, 3.05) is 4.90 Å². The fourth-order valence-electron chi connectivity index (χ4n) is 4.57. The van der Waals surface area contributed by atoms with Crippen LogP contribution in [0.1, 0.15) is 34.3 Å². The van der Waals surface area contributed by atoms with Gasteiger partial charge in [-0.05, 0) is 54.3 Å². The summed E-state index contributed by atoms with van der Waals surface area (Å²) in [6, 6.07) is 10.6. The minimum Gasteiger partial charge on any atom is -0.480 e. The van der Waals surface area contributed by atoms with Gasteiger partial charge in [-0.1, -0.05) is 29.8 Å². The summed E-state index contributed by atoms with van der Waals surface area (Å²) in [6.45, 7) is 0. The third kappa shape index (κ3) is 3.89. The first kappa shape index (κ1) is 23.9. The van der Waals surface area contributed by atoms with Crippen molar-refractivity contribution in [3.05, 3.63) is 93.8 Å². The van der Waals surface area contributed by atoms with Gasteiger partial charge in [-0.15, -0.1) is 0 Å². The van der Waals surface area contributed by atoms with E-state index in [0.717, 1.165) is 18.2 Å². The zero-order valence-electron chi connectivity index (χ0n) is 18.5. The Morgan fingerprint density at radius 3 is 2.31 bits per heavy atom. The van der Waals surface area contributed by atoms with Gasteiger partial charge < -0.3 is 10.4 Å². The molecule has 1 spiro atoms. The average molecular weight is 515 g/mol. The van der Waals surface area contributed by atoms with Crippen LogP contribution in [0.25, 0.3) is 0 Å². The van der Waals surface area contributed by atoms with Crippen molar-refractivity contribution in [2.45, 2.75) is 30.7 Å². The molecular weight excluding hydrogens is 497 g/mol. The molecule has 6 nitrogen and oxygen atoms in total. The molecule has 1 atom stereocenters. The van der Waals surface area contributed by atoms with Crippen LogP contribution in [0.15, 0.2) is 54.6 Å². The van der Waals surface area contributed by atoms with Gasteiger partial charge in [0, 0.05) is 18.2 Å². The number of rotatable bonds is 6. The summed E-state index contributed by atoms with van der Waals surface area (Å²) in [4.78, 5) is 38.8. The monoisotopic (exact) mass is 514 g/mol. The fourth-order valence-corrected chi connectivity index (χ4v) is 4.82. The number of carboxylic acids is 1. The number of hydrogen-bond acceptors (Lipinski definition) is 3. The molecule has 184 valence electrons. The van der Waals surface area contributed by atoms with Crippen LogP contribution in [-0.2, 0) is 21.4 Å². The van der Waals surface area contributed by atoms with Gasteiger partial charge in [0.05, 0.1) is 21.7 Å². The molecule has 3 aromatic rings. The van der Waals surface area contributed by atoms with Gasteiger partial charge in [-0.25, -0.2) is 18.0 Å². The number of carboxylic acid groups (broad SMARTS) is 1. The van der Waals surface area contributed by atoms with Crippen LogP contribution in [0.5, 0.6) is 0 Å². The van der Waals surface area contributed by atoms with Gasteiger partial charge in [0.1, 0.15) is 11.9 Å². The van der Waals surface area contributed by atoms with Crippen molar-refractivity contribution in [3.8, 4) is 0 Å². The van der Waals surface area contributed by atoms with Gasteiger partial charge in [-0.2, -0.15) is 0 Å². The molecule has 2 N–H and O–H groups in total. The number of aliphatic carboxylic acids is 1. The van der Waals surface area contributed by atoms with Crippen LogP contribution in [0.4, 0.5) is 24.5 Å². The second-order valence-corrected chi connectivity index (χ2v) is 9.24. The van der Waals surface area contributed by atoms with Crippen LogP contribution in [0.2, 0.25) is 5.02 Å². The van der Waals surface area contributed by atoms with E-state index in [1.165, 1.54) is 17.0 Å². The third-order valence-corrected chi connectivity index (χ3v) is 6.90. The van der Waals surface area contributed by atoms with E-state index in [4.69, 9.17) is 11.6 Å². The number of amides is 2. The minimum atomic E-state index is -1.39. The molecule has 0 saturated heterocycles. The molecule has 1 heterocycles. The number of nitrogens with one attached hydrogen (secondary N) is 1. The second kappa shape index (κ2) is 8.67. The minimum absolute atomic E-state index is 0.137. The van der Waals surface area contributed by atoms with Crippen LogP contribution in [-0.4, -0.2) is 28.9 Å². The molecular formula is C26H18ClF3N2O4. The molecule has 2 aliphatic rings. The second-order valence-electron chi connectivity index (χ2n) is 8.84. The number of fused-ring (bicyclic) bond motifs is 2. The van der Waals surface area contributed by atoms with Crippen molar-refractivity contribution in [1.29, 1.82) is 0 Å². The van der Waals surface area contributed by atoms with Gasteiger partial charge in [0.2, 0.25) is 5.91 Å². The smallest absolute Gasteiger partial charge is 0.326 e. The number of benzene rings is 3. The van der Waals surface area contributed by atoms with E-state index in [2.05, 4.69) is 5.32 Å². The lowest BCUT2D eigenvalue weighted by Crippen LogP contribution is -2.42. The predicted molar refractivity (Wildman–Crippen MR) is 125 cm³/mol. The normalized spacial score (nSPS) is 16.1. The van der Waals surface area contributed by atoms with E-state index >= 15 is 0 Å². The summed E-state index contributed by atoms with van der Waals surface area (Å²) in [5, 5.41) is 11.7. The summed E-state index contributed by atoms with van der Waals surface area (Å²) in [5.74, 6) is -5.53. The lowest BCUT2D eigenvalue weighted by Gasteiger charge is -2.19. The number of nitrogens with zero attached hydrogens (tertiary/aromatic N) is 1. The summed E-state index contributed by atoms with van der Waals surface area (Å²) in [6.07, 6.45) is 0.955. The molecule has 3 aromatic carbocycles. The maximum absolute atomic E-state index is 14.0. The molecule has 36 heavy (non-hydrogen) atoms. The SMILES string of the molecule is O=C(NC(Cc1ccc(N2C(=O)C3(CC3)c3cc(F)c(F)cc32)cc1)C(=O)O)c1c(F)cccc1Cl. The van der Waals surface area contributed by atoms with E-state index in [9.17, 15) is 32.7 Å². The molecule has 0 bridgehead atoms. The van der Waals surface area contributed by atoms with Crippen LogP contribution in [0, 0.1) is 17.5 Å². The number of carbonyl (C=O) groups is 3. The van der Waals surface area contributed by atoms with Crippen LogP contribution < -0.4 is 10.2 Å². The number of halogens is 4. The lowest BCUT2D eigenvalue weighted by molar-refractivity contribution is -0.139. The molecule has 0 aromatic heterocycles. The standard InChI is InChI=1S/C26H18ClF3N2O4/c27-16-2-1-3-17(28)22(16)23(33)31-20(24(34)35)10-13-4-6-14(7-5-13)32-21-12-19(30)18(29)11-15(21)26(8-9-26)25(32)36/h1-7,11-12,20H,8-10H2,(H,31,33)(H,34,35). The summed E-state index contributed by atoms with van der Waals surface area (Å²) < 4.78 is 41.9. The van der Waals surface area contributed by atoms with Crippen molar-refractivity contribution in [2.24, 2.45) is 0 Å². The molecule has 1 aliphatic heterocycles. The summed E-state index contributed by atoms with van der Waals surface area (Å²) in [5.41, 5.74) is 0.357. The van der Waals surface area contributed by atoms with Gasteiger partial charge >= 0.3 is 5.97 Å². The average Bonchev–Trinajstić information content (AvgIpc) is 3.60. The fraction of sp³-hybridized carbons (Fsp3) is 0.192. The number of anilines is 2. The first-order valence-corrected chi connectivity index (χ1v) is 11.4. The summed E-state index contributed by atoms with van der Waals surface area (Å²) >= 11 is 5.89. The zero-order chi connectivity index (χ0) is 25.8. The Morgan fingerprint density at radius 2 is 1.69 bits per heavy atom. The Bertz CT molecular complexity index is 1400. The largest absolute Gasteiger partial charge is 0.480 e. The molecule has 1 saturated carbocycles. The highest BCUT2D eigenvalue weighted by atomic mass is 35.5. The van der Waals surface area contributed by atoms with E-state index in [0.29, 0.717) is 29.7 Å². The zero-order valence-corrected chi connectivity index (χ0v) is 19.3. The third-order valence-electron chi connectivity index (χ3n) is 6.59. The molecule has 0 radical (unpaired) electrons. The Kier molecular flexibility index (Phi) is 5.75. The van der Waals surface area contributed by atoms with Crippen molar-refractivity contribution in [1.82, 2.24) is 5.32 Å². The lowest BCUT2D eigenvalue weighted by atomic mass is 9.98. The maximum atomic E-state index is 14.0. The van der Waals surface area contributed by atoms with E-state index in [1.54, 1.807) is 24.3 Å². The molecule has 1 fully saturated rings. The summed E-state index contributed by atoms with van der Waals surface area (Å²) in [7, 11) is 0. The van der Waals surface area contributed by atoms with Crippen LogP contribution >= 0.6 is 11.6 Å². The predicted octanol–water partition coefficient (Wildman–Crippen LogP) is 4.89. The maximum Gasteiger partial charge on any atom is 0.326 e. The van der Waals surface area contributed by atoms with E-state index < -0.39 is 46.3 Å². The van der Waals surface area contributed by atoms with Crippen molar-refractivity contribution < 1.29 is 32.7 Å². The molecule has 2 amide bonds. The number of hydrogen-bond donors (Lipinski definition) is 2. The first-order chi connectivity index (χ1) is 17.1. The highest BCUT2D eigenvalue weighted by molar-refractivity contribution is 6.33. The molecule has 10 heteroatoms. The van der Waals surface area contributed by atoms with Gasteiger partial charge in [-0.3, -0.25) is 14.5 Å². The number of carbonyl (C=O) groups excluding carboxylic acids is 2.